The van der Waals surface area contributed by atoms with Crippen molar-refractivity contribution < 1.29 is 43.6 Å². The quantitative estimate of drug-likeness (QED) is 0.349. The number of ether oxygens (including phenoxy) is 4. The highest BCUT2D eigenvalue weighted by Crippen LogP contribution is 2.66. The van der Waals surface area contributed by atoms with Crippen molar-refractivity contribution in [3.63, 3.8) is 0 Å². The van der Waals surface area contributed by atoms with E-state index in [4.69, 9.17) is 18.9 Å². The van der Waals surface area contributed by atoms with E-state index in [0.29, 0.717) is 56.4 Å². The smallest absolute Gasteiger partial charge is 0.341 e. The first-order valence-electron chi connectivity index (χ1n) is 15.5. The number of benzene rings is 1. The van der Waals surface area contributed by atoms with Gasteiger partial charge in [-0.1, -0.05) is 12.1 Å². The van der Waals surface area contributed by atoms with Crippen LogP contribution in [0, 0.1) is 29.6 Å². The van der Waals surface area contributed by atoms with Crippen LogP contribution in [-0.4, -0.2) is 98.2 Å². The summed E-state index contributed by atoms with van der Waals surface area (Å²) in [5, 5.41) is 28.4. The molecule has 4 N–H and O–H groups in total. The molecule has 6 rings (SSSR count). The first-order chi connectivity index (χ1) is 20.1. The molecule has 1 aliphatic heterocycles. The number of quaternary nitrogens is 1. The average molecular weight is 588 g/mol. The second-order valence-electron chi connectivity index (χ2n) is 13.5. The lowest BCUT2D eigenvalue weighted by Gasteiger charge is -2.56. The molecule has 12 unspecified atom stereocenters. The van der Waals surface area contributed by atoms with Gasteiger partial charge in [0, 0.05) is 52.4 Å². The molecule has 1 amide bonds. The van der Waals surface area contributed by atoms with Crippen LogP contribution in [0.5, 0.6) is 0 Å². The van der Waals surface area contributed by atoms with E-state index in [2.05, 4.69) is 12.2 Å². The summed E-state index contributed by atoms with van der Waals surface area (Å²) in [5.74, 6) is -1.66. The number of anilines is 1. The van der Waals surface area contributed by atoms with Gasteiger partial charge in [0.05, 0.1) is 42.7 Å². The molecule has 4 aliphatic carbocycles. The van der Waals surface area contributed by atoms with Crippen LogP contribution in [0.25, 0.3) is 0 Å². The molecule has 10 heteroatoms. The molecular weight excluding hydrogens is 540 g/mol. The Morgan fingerprint density at radius 2 is 1.79 bits per heavy atom. The van der Waals surface area contributed by atoms with E-state index < -0.39 is 28.9 Å². The molecule has 1 heterocycles. The lowest BCUT2D eigenvalue weighted by molar-refractivity contribution is -0.907. The normalized spacial score (nSPS) is 45.5. The highest BCUT2D eigenvalue weighted by atomic mass is 16.6. The number of hydrogen-bond donors (Lipinski definition) is 4. The number of likely N-dealkylation sites (N-methyl/N-ethyl adjacent to an activating group) is 1. The number of carbonyl (C=O) groups is 2. The first kappa shape index (κ1) is 30.0. The van der Waals surface area contributed by atoms with E-state index in [1.807, 2.05) is 0 Å². The van der Waals surface area contributed by atoms with Crippen LogP contribution in [0.2, 0.25) is 0 Å². The van der Waals surface area contributed by atoms with Gasteiger partial charge in [-0.3, -0.25) is 4.79 Å². The van der Waals surface area contributed by atoms with Crippen LogP contribution in [0.15, 0.2) is 24.3 Å². The Morgan fingerprint density at radius 3 is 2.45 bits per heavy atom. The van der Waals surface area contributed by atoms with Gasteiger partial charge in [0.1, 0.15) is 17.7 Å². The number of methoxy groups -OCH3 is 3. The maximum absolute atomic E-state index is 14.0. The summed E-state index contributed by atoms with van der Waals surface area (Å²) in [4.78, 5) is 27.2. The summed E-state index contributed by atoms with van der Waals surface area (Å²) < 4.78 is 24.9. The number of carbonyl (C=O) groups excluding carboxylic acids is 2. The number of aliphatic hydroxyl groups is 2. The third-order valence-corrected chi connectivity index (χ3v) is 11.9. The molecule has 10 nitrogen and oxygen atoms in total. The van der Waals surface area contributed by atoms with Gasteiger partial charge in [-0.2, -0.15) is 0 Å². The van der Waals surface area contributed by atoms with Crippen molar-refractivity contribution in [2.24, 2.45) is 29.6 Å². The number of nitrogens with one attached hydrogen (secondary N) is 2. The molecule has 42 heavy (non-hydrogen) atoms. The summed E-state index contributed by atoms with van der Waals surface area (Å²) >= 11 is 0. The van der Waals surface area contributed by atoms with Crippen molar-refractivity contribution in [1.29, 1.82) is 0 Å². The number of fused-ring (bicyclic) bond motifs is 4. The number of hydrogen-bond acceptors (Lipinski definition) is 8. The minimum atomic E-state index is -1.48. The molecule has 1 saturated heterocycles. The molecule has 1 aromatic carbocycles. The number of para-hydroxylation sites is 1. The molecule has 5 aliphatic rings. The standard InChI is InChI=1S/C32H46N2O8/c1-6-34-16-19-13-22-27(23-14-21-26(40-4)15-31(19,37)32(23,38)28(21)41-5)25(39-3)11-12-30(22,17-34)42-29(36)20-9-7-8-10-24(20)33-18(2)35/h7-10,19,21-23,25-28,37-38H,6,11-17H2,1-5H3,(H,33,35)/p+1. The molecule has 1 aromatic rings. The van der Waals surface area contributed by atoms with Gasteiger partial charge in [-0.25, -0.2) is 4.79 Å². The van der Waals surface area contributed by atoms with Gasteiger partial charge >= 0.3 is 5.97 Å². The number of rotatable bonds is 7. The summed E-state index contributed by atoms with van der Waals surface area (Å²) in [6.07, 6.45) is 1.91. The molecule has 12 atom stereocenters. The predicted molar refractivity (Wildman–Crippen MR) is 153 cm³/mol. The third kappa shape index (κ3) is 4.20. The molecule has 5 fully saturated rings. The van der Waals surface area contributed by atoms with E-state index in [1.54, 1.807) is 45.6 Å². The van der Waals surface area contributed by atoms with Gasteiger partial charge in [-0.05, 0) is 56.6 Å². The second-order valence-corrected chi connectivity index (χ2v) is 13.5. The molecular formula is C32H47N2O8+. The van der Waals surface area contributed by atoms with Crippen molar-refractivity contribution in [3.05, 3.63) is 29.8 Å². The minimum Gasteiger partial charge on any atom is -0.449 e. The molecule has 0 aromatic heterocycles. The van der Waals surface area contributed by atoms with Crippen LogP contribution < -0.4 is 10.2 Å². The van der Waals surface area contributed by atoms with Gasteiger partial charge in [0.2, 0.25) is 5.91 Å². The van der Waals surface area contributed by atoms with Crippen molar-refractivity contribution in [2.75, 3.05) is 46.3 Å². The van der Waals surface area contributed by atoms with Crippen molar-refractivity contribution >= 4 is 17.6 Å². The van der Waals surface area contributed by atoms with Gasteiger partial charge in [-0.15, -0.1) is 0 Å². The Morgan fingerprint density at radius 1 is 1.05 bits per heavy atom. The molecule has 0 radical (unpaired) electrons. The van der Waals surface area contributed by atoms with E-state index in [-0.39, 0.29) is 47.7 Å². The fourth-order valence-electron chi connectivity index (χ4n) is 10.2. The Kier molecular flexibility index (Phi) is 7.72. The van der Waals surface area contributed by atoms with E-state index in [9.17, 15) is 19.8 Å². The molecule has 232 valence electrons. The molecule has 4 bridgehead atoms. The topological polar surface area (TPSA) is 128 Å². The largest absolute Gasteiger partial charge is 0.449 e. The number of esters is 1. The fourth-order valence-corrected chi connectivity index (χ4v) is 10.2. The van der Waals surface area contributed by atoms with Crippen LogP contribution in [-0.2, 0) is 23.7 Å². The highest BCUT2D eigenvalue weighted by molar-refractivity contribution is 6.00. The zero-order valence-electron chi connectivity index (χ0n) is 25.4. The lowest BCUT2D eigenvalue weighted by atomic mass is 9.59. The Hall–Kier alpha value is -2.08. The average Bonchev–Trinajstić information content (AvgIpc) is 3.05. The zero-order chi connectivity index (χ0) is 30.0. The maximum atomic E-state index is 14.0. The van der Waals surface area contributed by atoms with Gasteiger partial charge in [0.15, 0.2) is 5.60 Å². The summed E-state index contributed by atoms with van der Waals surface area (Å²) in [6, 6.07) is 6.94. The first-order valence-corrected chi connectivity index (χ1v) is 15.5. The van der Waals surface area contributed by atoms with E-state index in [1.165, 1.54) is 11.8 Å². The third-order valence-electron chi connectivity index (χ3n) is 11.9. The highest BCUT2D eigenvalue weighted by Gasteiger charge is 2.78. The summed E-state index contributed by atoms with van der Waals surface area (Å²) in [5.41, 5.74) is -3.00. The second kappa shape index (κ2) is 10.8. The zero-order valence-corrected chi connectivity index (χ0v) is 25.4. The number of likely N-dealkylation sites (tertiary alicyclic amines) is 1. The molecule has 4 saturated carbocycles. The van der Waals surface area contributed by atoms with Crippen LogP contribution >= 0.6 is 0 Å². The molecule has 0 spiro atoms. The van der Waals surface area contributed by atoms with Crippen molar-refractivity contribution in [3.8, 4) is 0 Å². The van der Waals surface area contributed by atoms with E-state index >= 15 is 0 Å². The summed E-state index contributed by atoms with van der Waals surface area (Å²) in [6.45, 7) is 5.56. The Bertz CT molecular complexity index is 1210. The SMILES string of the molecule is CC[NH+]1CC2CC3C(C(OC)CCC3(OC(=O)c3ccccc3NC(C)=O)C1)C1CC3C(OC)CC2(O)C1(O)C3OC. The van der Waals surface area contributed by atoms with Gasteiger partial charge < -0.3 is 39.4 Å². The van der Waals surface area contributed by atoms with Crippen molar-refractivity contribution in [1.82, 2.24) is 0 Å². The van der Waals surface area contributed by atoms with Gasteiger partial charge in [0.25, 0.3) is 0 Å². The monoisotopic (exact) mass is 587 g/mol. The number of amides is 1. The van der Waals surface area contributed by atoms with Crippen LogP contribution in [0.4, 0.5) is 5.69 Å². The maximum Gasteiger partial charge on any atom is 0.341 e. The minimum absolute atomic E-state index is 0.0639. The van der Waals surface area contributed by atoms with Crippen LogP contribution in [0.3, 0.4) is 0 Å². The van der Waals surface area contributed by atoms with Crippen LogP contribution in [0.1, 0.15) is 56.3 Å². The Balaban J connectivity index is 1.48. The van der Waals surface area contributed by atoms with E-state index in [0.717, 1.165) is 6.54 Å². The van der Waals surface area contributed by atoms with Crippen molar-refractivity contribution in [2.45, 2.75) is 81.1 Å². The summed E-state index contributed by atoms with van der Waals surface area (Å²) in [7, 11) is 5.03. The fraction of sp³-hybridized carbons (Fsp3) is 0.750. The lowest BCUT2D eigenvalue weighted by Crippen LogP contribution is -3.14. The predicted octanol–water partition coefficient (Wildman–Crippen LogP) is 1.05. The Labute approximate surface area is 248 Å².